The molecule has 1 amide bonds. The van der Waals surface area contributed by atoms with E-state index in [0.29, 0.717) is 16.8 Å². The molecule has 1 unspecified atom stereocenters. The number of ketones is 1. The highest BCUT2D eigenvalue weighted by atomic mass is 19.1. The van der Waals surface area contributed by atoms with Crippen molar-refractivity contribution in [2.45, 2.75) is 45.1 Å². The largest absolute Gasteiger partial charge is 0.507 e. The first-order valence-electron chi connectivity index (χ1n) is 11.8. The van der Waals surface area contributed by atoms with E-state index in [1.54, 1.807) is 24.3 Å². The Morgan fingerprint density at radius 1 is 0.941 bits per heavy atom. The molecule has 0 spiro atoms. The van der Waals surface area contributed by atoms with Crippen molar-refractivity contribution in [3.05, 3.63) is 106 Å². The number of carbonyl (C=O) groups is 2. The lowest BCUT2D eigenvalue weighted by Gasteiger charge is -2.26. The van der Waals surface area contributed by atoms with Crippen LogP contribution in [-0.2, 0) is 28.9 Å². The highest BCUT2D eigenvalue weighted by Gasteiger charge is 2.47. The third-order valence-electron chi connectivity index (χ3n) is 6.87. The van der Waals surface area contributed by atoms with E-state index in [1.807, 2.05) is 37.3 Å². The van der Waals surface area contributed by atoms with Gasteiger partial charge in [-0.2, -0.15) is 0 Å². The zero-order chi connectivity index (χ0) is 23.8. The van der Waals surface area contributed by atoms with E-state index in [0.717, 1.165) is 43.2 Å². The third kappa shape index (κ3) is 3.81. The molecule has 1 aliphatic carbocycles. The normalized spacial score (nSPS) is 19.4. The fraction of sp³-hybridized carbons (Fsp3) is 0.241. The number of rotatable bonds is 4. The van der Waals surface area contributed by atoms with Gasteiger partial charge in [0.15, 0.2) is 0 Å². The molecule has 0 bridgehead atoms. The Morgan fingerprint density at radius 2 is 1.62 bits per heavy atom. The van der Waals surface area contributed by atoms with Gasteiger partial charge >= 0.3 is 0 Å². The molecule has 1 fully saturated rings. The zero-order valence-corrected chi connectivity index (χ0v) is 19.1. The van der Waals surface area contributed by atoms with E-state index in [9.17, 15) is 19.1 Å². The van der Waals surface area contributed by atoms with Gasteiger partial charge in [-0.3, -0.25) is 14.5 Å². The van der Waals surface area contributed by atoms with Crippen LogP contribution in [0.5, 0.6) is 0 Å². The first kappa shape index (κ1) is 22.1. The first-order chi connectivity index (χ1) is 16.5. The average molecular weight is 456 g/mol. The highest BCUT2D eigenvalue weighted by Crippen LogP contribution is 2.42. The second-order valence-electron chi connectivity index (χ2n) is 8.93. The maximum Gasteiger partial charge on any atom is 0.300 e. The van der Waals surface area contributed by atoms with Gasteiger partial charge in [0.1, 0.15) is 11.6 Å². The molecule has 1 N–H and O–H groups in total. The lowest BCUT2D eigenvalue weighted by atomic mass is 9.88. The number of hydrogen-bond donors (Lipinski definition) is 1. The summed E-state index contributed by atoms with van der Waals surface area (Å²) in [4.78, 5) is 27.9. The number of aliphatic hydroxyl groups excluding tert-OH is 1. The van der Waals surface area contributed by atoms with Gasteiger partial charge in [-0.25, -0.2) is 4.39 Å². The maximum atomic E-state index is 13.7. The third-order valence-corrected chi connectivity index (χ3v) is 6.87. The summed E-state index contributed by atoms with van der Waals surface area (Å²) >= 11 is 0. The molecule has 4 nitrogen and oxygen atoms in total. The van der Waals surface area contributed by atoms with Crippen LogP contribution in [-0.4, -0.2) is 16.8 Å². The fourth-order valence-electron chi connectivity index (χ4n) is 4.99. The second kappa shape index (κ2) is 8.90. The quantitative estimate of drug-likeness (QED) is 0.303. The molecule has 0 saturated carbocycles. The van der Waals surface area contributed by atoms with Crippen LogP contribution in [0.1, 0.15) is 53.6 Å². The van der Waals surface area contributed by atoms with E-state index in [-0.39, 0.29) is 11.3 Å². The van der Waals surface area contributed by atoms with Crippen molar-refractivity contribution in [1.29, 1.82) is 0 Å². The fourth-order valence-corrected chi connectivity index (χ4v) is 4.99. The number of benzene rings is 3. The highest BCUT2D eigenvalue weighted by molar-refractivity contribution is 6.51. The number of aliphatic hydroxyl groups is 1. The van der Waals surface area contributed by atoms with Gasteiger partial charge in [-0.05, 0) is 84.7 Å². The van der Waals surface area contributed by atoms with Gasteiger partial charge in [-0.1, -0.05) is 43.3 Å². The van der Waals surface area contributed by atoms with Crippen molar-refractivity contribution in [3.8, 4) is 0 Å². The van der Waals surface area contributed by atoms with Crippen LogP contribution in [0.2, 0.25) is 0 Å². The number of anilines is 1. The minimum Gasteiger partial charge on any atom is -0.507 e. The number of Topliss-reactive ketones (excluding diaryl/α,β-unsaturated/α-hetero) is 1. The topological polar surface area (TPSA) is 57.6 Å². The summed E-state index contributed by atoms with van der Waals surface area (Å²) in [7, 11) is 0. The van der Waals surface area contributed by atoms with Crippen LogP contribution in [0, 0.1) is 5.82 Å². The molecule has 0 aromatic heterocycles. The van der Waals surface area contributed by atoms with Crippen LogP contribution in [0.4, 0.5) is 10.1 Å². The number of amides is 1. The molecule has 5 heteroatoms. The van der Waals surface area contributed by atoms with Crippen LogP contribution < -0.4 is 4.90 Å². The van der Waals surface area contributed by atoms with Gasteiger partial charge in [-0.15, -0.1) is 0 Å². The number of nitrogens with zero attached hydrogens (tertiary/aromatic N) is 1. The lowest BCUT2D eigenvalue weighted by molar-refractivity contribution is -0.132. The molecule has 3 aromatic rings. The van der Waals surface area contributed by atoms with Crippen molar-refractivity contribution in [2.24, 2.45) is 0 Å². The van der Waals surface area contributed by atoms with Crippen LogP contribution >= 0.6 is 0 Å². The molecule has 3 aromatic carbocycles. The molecule has 1 heterocycles. The molecule has 2 aliphatic rings. The average Bonchev–Trinajstić information content (AvgIpc) is 3.14. The summed E-state index contributed by atoms with van der Waals surface area (Å²) in [5, 5.41) is 11.3. The summed E-state index contributed by atoms with van der Waals surface area (Å²) in [6.45, 7) is 2.04. The zero-order valence-electron chi connectivity index (χ0n) is 19.1. The first-order valence-corrected chi connectivity index (χ1v) is 11.8. The van der Waals surface area contributed by atoms with E-state index < -0.39 is 23.5 Å². The predicted molar refractivity (Wildman–Crippen MR) is 130 cm³/mol. The number of fused-ring (bicyclic) bond motifs is 1. The Labute approximate surface area is 198 Å². The summed E-state index contributed by atoms with van der Waals surface area (Å²) < 4.78 is 13.7. The smallest absolute Gasteiger partial charge is 0.300 e. The Kier molecular flexibility index (Phi) is 5.78. The van der Waals surface area contributed by atoms with Crippen LogP contribution in [0.25, 0.3) is 5.76 Å². The van der Waals surface area contributed by atoms with Gasteiger partial charge in [0.05, 0.1) is 11.6 Å². The van der Waals surface area contributed by atoms with Crippen molar-refractivity contribution >= 4 is 23.1 Å². The summed E-state index contributed by atoms with van der Waals surface area (Å²) in [6.07, 6.45) is 5.01. The summed E-state index contributed by atoms with van der Waals surface area (Å²) in [5.41, 5.74) is 5.18. The maximum absolute atomic E-state index is 13.7. The molecule has 172 valence electrons. The Morgan fingerprint density at radius 3 is 2.29 bits per heavy atom. The number of aryl methyl sites for hydroxylation is 3. The Hall–Kier alpha value is -3.73. The predicted octanol–water partition coefficient (Wildman–Crippen LogP) is 5.89. The monoisotopic (exact) mass is 455 g/mol. The number of hydrogen-bond acceptors (Lipinski definition) is 3. The van der Waals surface area contributed by atoms with E-state index in [4.69, 9.17) is 0 Å². The van der Waals surface area contributed by atoms with E-state index >= 15 is 0 Å². The van der Waals surface area contributed by atoms with Crippen molar-refractivity contribution in [1.82, 2.24) is 0 Å². The van der Waals surface area contributed by atoms with E-state index in [1.165, 1.54) is 22.6 Å². The Balaban J connectivity index is 1.67. The summed E-state index contributed by atoms with van der Waals surface area (Å²) in [5.74, 6) is -2.07. The van der Waals surface area contributed by atoms with Gasteiger partial charge in [0.2, 0.25) is 0 Å². The SMILES string of the molecule is CCc1ccc(N2C(=O)C(=O)/C(=C(\O)c3ccc4c(c3)CCCC4)C2c2ccc(F)cc2)cc1. The molecule has 34 heavy (non-hydrogen) atoms. The molecule has 5 rings (SSSR count). The molecule has 1 aliphatic heterocycles. The van der Waals surface area contributed by atoms with Gasteiger partial charge in [0.25, 0.3) is 11.7 Å². The standard InChI is InChI=1S/C29H26FNO3/c1-2-18-7-15-24(16-8-18)31-26(20-11-13-23(30)14-12-20)25(28(33)29(31)34)27(32)22-10-9-19-5-3-4-6-21(19)17-22/h7-17,26,32H,2-6H2,1H3/b27-25-. The molecular weight excluding hydrogens is 429 g/mol. The molecule has 1 saturated heterocycles. The van der Waals surface area contributed by atoms with Gasteiger partial charge in [0, 0.05) is 11.3 Å². The summed E-state index contributed by atoms with van der Waals surface area (Å²) in [6, 6.07) is 18.0. The minimum absolute atomic E-state index is 0.0203. The molecular formula is C29H26FNO3. The molecule has 1 atom stereocenters. The van der Waals surface area contributed by atoms with Crippen LogP contribution in [0.3, 0.4) is 0 Å². The van der Waals surface area contributed by atoms with Crippen molar-refractivity contribution in [2.75, 3.05) is 4.90 Å². The number of halogens is 1. The second-order valence-corrected chi connectivity index (χ2v) is 8.93. The number of carbonyl (C=O) groups excluding carboxylic acids is 2. The van der Waals surface area contributed by atoms with Crippen molar-refractivity contribution in [3.63, 3.8) is 0 Å². The minimum atomic E-state index is -0.857. The van der Waals surface area contributed by atoms with Crippen molar-refractivity contribution < 1.29 is 19.1 Å². The van der Waals surface area contributed by atoms with Gasteiger partial charge < -0.3 is 5.11 Å². The lowest BCUT2D eigenvalue weighted by Crippen LogP contribution is -2.29. The Bertz CT molecular complexity index is 1290. The van der Waals surface area contributed by atoms with Crippen LogP contribution in [0.15, 0.2) is 72.3 Å². The van der Waals surface area contributed by atoms with E-state index in [2.05, 4.69) is 0 Å². The molecule has 0 radical (unpaired) electrons.